The summed E-state index contributed by atoms with van der Waals surface area (Å²) in [6, 6.07) is 2.89. The van der Waals surface area contributed by atoms with Crippen molar-refractivity contribution in [3.63, 3.8) is 0 Å². The summed E-state index contributed by atoms with van der Waals surface area (Å²) in [5.74, 6) is 0.249. The maximum Gasteiger partial charge on any atom is 0.263 e. The monoisotopic (exact) mass is 224 g/mol. The third-order valence-corrected chi connectivity index (χ3v) is 3.12. The molecule has 0 aromatic heterocycles. The molecule has 0 saturated heterocycles. The molecule has 0 spiro atoms. The van der Waals surface area contributed by atoms with Crippen LogP contribution in [0.3, 0.4) is 0 Å². The fourth-order valence-corrected chi connectivity index (χ4v) is 2.07. The van der Waals surface area contributed by atoms with E-state index in [1.165, 1.54) is 13.0 Å². The number of carbonyl (C=O) groups excluding carboxylic acids is 1. The van der Waals surface area contributed by atoms with Crippen LogP contribution in [-0.4, -0.2) is 5.78 Å². The molecular formula is C13H14F2O. The molecule has 1 aliphatic rings. The van der Waals surface area contributed by atoms with Crippen molar-refractivity contribution < 1.29 is 13.6 Å². The molecule has 0 heterocycles. The predicted octanol–water partition coefficient (Wildman–Crippen LogP) is 4.01. The van der Waals surface area contributed by atoms with Crippen molar-refractivity contribution in [3.05, 3.63) is 34.4 Å². The van der Waals surface area contributed by atoms with Crippen LogP contribution < -0.4 is 0 Å². The highest BCUT2D eigenvalue weighted by atomic mass is 19.3. The first-order valence-electron chi connectivity index (χ1n) is 5.44. The van der Waals surface area contributed by atoms with Crippen molar-refractivity contribution in [2.45, 2.75) is 39.0 Å². The molecule has 2 rings (SSSR count). The number of ketones is 1. The summed E-state index contributed by atoms with van der Waals surface area (Å²) in [4.78, 5) is 11.4. The van der Waals surface area contributed by atoms with Gasteiger partial charge in [0.2, 0.25) is 0 Å². The summed E-state index contributed by atoms with van der Waals surface area (Å²) >= 11 is 0. The number of halogens is 2. The molecule has 86 valence electrons. The average Bonchev–Trinajstić information content (AvgIpc) is 3.00. The standard InChI is InChI=1S/C13H14F2O/c1-7-11(8(2)16)5-10(13(14)15)6-12(7)9-3-4-9/h5-6,9,13H,3-4H2,1-2H3. The molecule has 1 aliphatic carbocycles. The predicted molar refractivity (Wildman–Crippen MR) is 58.1 cm³/mol. The van der Waals surface area contributed by atoms with Crippen LogP contribution in [0.5, 0.6) is 0 Å². The average molecular weight is 224 g/mol. The van der Waals surface area contributed by atoms with E-state index in [4.69, 9.17) is 0 Å². The van der Waals surface area contributed by atoms with Crippen LogP contribution in [0.15, 0.2) is 12.1 Å². The molecule has 0 bridgehead atoms. The Kier molecular flexibility index (Phi) is 2.78. The fourth-order valence-electron chi connectivity index (χ4n) is 2.07. The van der Waals surface area contributed by atoms with Crippen molar-refractivity contribution in [1.82, 2.24) is 0 Å². The van der Waals surface area contributed by atoms with Crippen molar-refractivity contribution >= 4 is 5.78 Å². The Hall–Kier alpha value is -1.25. The van der Waals surface area contributed by atoms with E-state index in [1.807, 2.05) is 6.92 Å². The van der Waals surface area contributed by atoms with Gasteiger partial charge in [0.15, 0.2) is 5.78 Å². The Bertz CT molecular complexity index is 434. The third kappa shape index (κ3) is 1.99. The van der Waals surface area contributed by atoms with Crippen molar-refractivity contribution in [3.8, 4) is 0 Å². The van der Waals surface area contributed by atoms with Gasteiger partial charge in [-0.25, -0.2) is 8.78 Å². The van der Waals surface area contributed by atoms with E-state index in [1.54, 1.807) is 6.07 Å². The zero-order valence-corrected chi connectivity index (χ0v) is 9.39. The minimum Gasteiger partial charge on any atom is -0.295 e. The Balaban J connectivity index is 2.55. The zero-order valence-electron chi connectivity index (χ0n) is 9.39. The highest BCUT2D eigenvalue weighted by Crippen LogP contribution is 2.43. The lowest BCUT2D eigenvalue weighted by molar-refractivity contribution is 0.101. The Morgan fingerprint density at radius 2 is 2.00 bits per heavy atom. The number of carbonyl (C=O) groups is 1. The summed E-state index contributed by atoms with van der Waals surface area (Å²) in [6.07, 6.45) is -0.411. The van der Waals surface area contributed by atoms with Gasteiger partial charge in [-0.05, 0) is 55.9 Å². The van der Waals surface area contributed by atoms with Gasteiger partial charge < -0.3 is 0 Å². The summed E-state index contributed by atoms with van der Waals surface area (Å²) in [5, 5.41) is 0. The highest BCUT2D eigenvalue weighted by molar-refractivity contribution is 5.96. The topological polar surface area (TPSA) is 17.1 Å². The van der Waals surface area contributed by atoms with Gasteiger partial charge in [-0.15, -0.1) is 0 Å². The first kappa shape index (κ1) is 11.2. The minimum atomic E-state index is -2.50. The van der Waals surface area contributed by atoms with Gasteiger partial charge in [0.25, 0.3) is 6.43 Å². The number of hydrogen-bond donors (Lipinski definition) is 0. The lowest BCUT2D eigenvalue weighted by Crippen LogP contribution is -2.02. The van der Waals surface area contributed by atoms with Crippen LogP contribution in [0.25, 0.3) is 0 Å². The first-order valence-corrected chi connectivity index (χ1v) is 5.44. The molecule has 3 heteroatoms. The van der Waals surface area contributed by atoms with Crippen LogP contribution in [-0.2, 0) is 0 Å². The van der Waals surface area contributed by atoms with Gasteiger partial charge in [0.05, 0.1) is 0 Å². The van der Waals surface area contributed by atoms with Gasteiger partial charge in [0, 0.05) is 11.1 Å². The van der Waals surface area contributed by atoms with E-state index in [-0.39, 0.29) is 11.3 Å². The van der Waals surface area contributed by atoms with E-state index in [0.717, 1.165) is 24.0 Å². The molecule has 0 amide bonds. The van der Waals surface area contributed by atoms with Crippen molar-refractivity contribution in [2.24, 2.45) is 0 Å². The van der Waals surface area contributed by atoms with Crippen LogP contribution >= 0.6 is 0 Å². The van der Waals surface area contributed by atoms with Crippen LogP contribution in [0.2, 0.25) is 0 Å². The quantitative estimate of drug-likeness (QED) is 0.709. The summed E-state index contributed by atoms with van der Waals surface area (Å²) in [6.45, 7) is 3.27. The molecule has 1 aromatic rings. The highest BCUT2D eigenvalue weighted by Gasteiger charge is 2.28. The second-order valence-corrected chi connectivity index (χ2v) is 4.41. The molecule has 1 aromatic carbocycles. The molecule has 1 fully saturated rings. The van der Waals surface area contributed by atoms with Crippen molar-refractivity contribution in [2.75, 3.05) is 0 Å². The van der Waals surface area contributed by atoms with E-state index in [0.29, 0.717) is 11.5 Å². The second kappa shape index (κ2) is 3.96. The van der Waals surface area contributed by atoms with Gasteiger partial charge in [-0.3, -0.25) is 4.79 Å². The zero-order chi connectivity index (χ0) is 11.9. The molecule has 0 N–H and O–H groups in total. The molecule has 1 nitrogen and oxygen atoms in total. The van der Waals surface area contributed by atoms with E-state index in [9.17, 15) is 13.6 Å². The lowest BCUT2D eigenvalue weighted by atomic mass is 9.94. The van der Waals surface area contributed by atoms with Gasteiger partial charge in [0.1, 0.15) is 0 Å². The number of benzene rings is 1. The molecule has 0 radical (unpaired) electrons. The maximum atomic E-state index is 12.7. The molecule has 0 atom stereocenters. The Morgan fingerprint density at radius 1 is 1.38 bits per heavy atom. The third-order valence-electron chi connectivity index (χ3n) is 3.12. The summed E-state index contributed by atoms with van der Waals surface area (Å²) < 4.78 is 25.4. The number of hydrogen-bond acceptors (Lipinski definition) is 1. The van der Waals surface area contributed by atoms with Gasteiger partial charge >= 0.3 is 0 Å². The summed E-state index contributed by atoms with van der Waals surface area (Å²) in [5.41, 5.74) is 2.22. The first-order chi connectivity index (χ1) is 7.50. The Morgan fingerprint density at radius 3 is 2.44 bits per heavy atom. The normalized spacial score (nSPS) is 15.6. The number of alkyl halides is 2. The van der Waals surface area contributed by atoms with Gasteiger partial charge in [-0.1, -0.05) is 0 Å². The molecule has 0 aliphatic heterocycles. The molecular weight excluding hydrogens is 210 g/mol. The number of Topliss-reactive ketones (excluding diaryl/α,β-unsaturated/α-hetero) is 1. The second-order valence-electron chi connectivity index (χ2n) is 4.41. The van der Waals surface area contributed by atoms with Crippen LogP contribution in [0, 0.1) is 6.92 Å². The number of rotatable bonds is 3. The van der Waals surface area contributed by atoms with Crippen LogP contribution in [0.1, 0.15) is 59.2 Å². The molecule has 1 saturated carbocycles. The maximum absolute atomic E-state index is 12.7. The van der Waals surface area contributed by atoms with E-state index >= 15 is 0 Å². The smallest absolute Gasteiger partial charge is 0.263 e. The molecule has 0 unspecified atom stereocenters. The fraction of sp³-hybridized carbons (Fsp3) is 0.462. The van der Waals surface area contributed by atoms with Gasteiger partial charge in [-0.2, -0.15) is 0 Å². The lowest BCUT2D eigenvalue weighted by Gasteiger charge is -2.12. The largest absolute Gasteiger partial charge is 0.295 e. The SMILES string of the molecule is CC(=O)c1cc(C(F)F)cc(C2CC2)c1C. The van der Waals surface area contributed by atoms with E-state index < -0.39 is 6.43 Å². The minimum absolute atomic E-state index is 0.0299. The summed E-state index contributed by atoms with van der Waals surface area (Å²) in [7, 11) is 0. The van der Waals surface area contributed by atoms with Crippen molar-refractivity contribution in [1.29, 1.82) is 0 Å². The molecule has 16 heavy (non-hydrogen) atoms. The van der Waals surface area contributed by atoms with Crippen LogP contribution in [0.4, 0.5) is 8.78 Å². The van der Waals surface area contributed by atoms with E-state index in [2.05, 4.69) is 0 Å². The Labute approximate surface area is 93.5 Å².